The summed E-state index contributed by atoms with van der Waals surface area (Å²) in [6.07, 6.45) is 0. The second-order valence-electron chi connectivity index (χ2n) is 3.42. The van der Waals surface area contributed by atoms with Gasteiger partial charge < -0.3 is 5.32 Å². The molecule has 0 fully saturated rings. The third-order valence-electron chi connectivity index (χ3n) is 1.86. The molecule has 0 aromatic heterocycles. The number of urea groups is 1. The van der Waals surface area contributed by atoms with Crippen molar-refractivity contribution in [3.63, 3.8) is 0 Å². The van der Waals surface area contributed by atoms with Gasteiger partial charge in [0, 0.05) is 15.4 Å². The van der Waals surface area contributed by atoms with Crippen LogP contribution in [0.2, 0.25) is 0 Å². The lowest BCUT2D eigenvalue weighted by atomic mass is 10.3. The summed E-state index contributed by atoms with van der Waals surface area (Å²) in [6.45, 7) is 6.51. The Morgan fingerprint density at radius 2 is 2.00 bits per heavy atom. The summed E-state index contributed by atoms with van der Waals surface area (Å²) >= 11 is 0. The van der Waals surface area contributed by atoms with Gasteiger partial charge in [0.15, 0.2) is 0 Å². The highest BCUT2D eigenvalue weighted by Gasteiger charge is 2.11. The molecular weight excluding hydrogens is 182 g/mol. The van der Waals surface area contributed by atoms with Crippen LogP contribution >= 0.6 is 0 Å². The molecule has 0 radical (unpaired) electrons. The summed E-state index contributed by atoms with van der Waals surface area (Å²) in [5, 5.41) is 4.73. The highest BCUT2D eigenvalue weighted by molar-refractivity contribution is 5.95. The first-order valence-electron chi connectivity index (χ1n) is 4.75. The van der Waals surface area contributed by atoms with Gasteiger partial charge in [-0.05, 0) is 27.8 Å². The molecule has 0 aromatic rings. The van der Waals surface area contributed by atoms with Crippen LogP contribution in [0.5, 0.6) is 0 Å². The zero-order chi connectivity index (χ0) is 11.1. The number of carbonyl (C=O) groups excluding carboxylic acids is 2. The van der Waals surface area contributed by atoms with Gasteiger partial charge in [-0.15, -0.1) is 0 Å². The van der Waals surface area contributed by atoms with Crippen LogP contribution in [-0.4, -0.2) is 43.0 Å². The Hall–Kier alpha value is -1.10. The first-order valence-corrected chi connectivity index (χ1v) is 4.75. The largest absolute Gasteiger partial charge is 0.338 e. The van der Waals surface area contributed by atoms with Crippen molar-refractivity contribution in [1.82, 2.24) is 15.5 Å². The van der Waals surface area contributed by atoms with E-state index in [0.717, 1.165) is 0 Å². The molecule has 0 atom stereocenters. The normalized spacial score (nSPS) is 10.4. The molecule has 0 spiro atoms. The molecule has 0 aliphatic heterocycles. The average molecular weight is 205 g/mol. The number of carbonyl (C=O) groups is 2. The van der Waals surface area contributed by atoms with Crippen LogP contribution in [0, 0.1) is 0 Å². The van der Waals surface area contributed by atoms with Gasteiger partial charge in [0.25, 0.3) is 0 Å². The van der Waals surface area contributed by atoms with Gasteiger partial charge in [-0.2, -0.15) is 0 Å². The smallest absolute Gasteiger partial charge is 0.321 e. The minimum atomic E-state index is -0.436. The number of amides is 3. The van der Waals surface area contributed by atoms with Crippen molar-refractivity contribution in [2.45, 2.75) is 26.8 Å². The minimum absolute atomic E-state index is 0. The van der Waals surface area contributed by atoms with Gasteiger partial charge >= 0.3 is 6.03 Å². The zero-order valence-electron chi connectivity index (χ0n) is 9.26. The molecule has 86 valence electrons. The molecule has 3 amide bonds. The maximum Gasteiger partial charge on any atom is 0.321 e. The summed E-state index contributed by atoms with van der Waals surface area (Å²) in [7, 11) is 1.84. The van der Waals surface area contributed by atoms with E-state index >= 15 is 0 Å². The Kier molecular flexibility index (Phi) is 5.87. The maximum absolute atomic E-state index is 11.2. The third kappa shape index (κ3) is 5.53. The van der Waals surface area contributed by atoms with E-state index in [9.17, 15) is 9.59 Å². The molecule has 14 heavy (non-hydrogen) atoms. The monoisotopic (exact) mass is 205 g/mol. The lowest BCUT2D eigenvalue weighted by molar-refractivity contribution is -0.121. The number of hydrogen-bond donors (Lipinski definition) is 2. The van der Waals surface area contributed by atoms with Crippen molar-refractivity contribution in [2.24, 2.45) is 0 Å². The van der Waals surface area contributed by atoms with Crippen LogP contribution in [0.4, 0.5) is 4.79 Å². The number of imide groups is 1. The molecule has 0 saturated carbocycles. The topological polar surface area (TPSA) is 61.4 Å². The van der Waals surface area contributed by atoms with Gasteiger partial charge in [-0.3, -0.25) is 15.0 Å². The molecule has 0 heterocycles. The quantitative estimate of drug-likeness (QED) is 0.709. The van der Waals surface area contributed by atoms with Crippen molar-refractivity contribution >= 4 is 11.9 Å². The van der Waals surface area contributed by atoms with Crippen molar-refractivity contribution in [1.29, 1.82) is 0 Å². The molecule has 5 heteroatoms. The molecule has 0 saturated heterocycles. The van der Waals surface area contributed by atoms with E-state index in [-0.39, 0.29) is 21.3 Å². The summed E-state index contributed by atoms with van der Waals surface area (Å²) in [5.74, 6) is -0.285. The lowest BCUT2D eigenvalue weighted by Gasteiger charge is -2.19. The van der Waals surface area contributed by atoms with Crippen LogP contribution in [0.25, 0.3) is 0 Å². The molecule has 5 nitrogen and oxygen atoms in total. The molecule has 0 bridgehead atoms. The highest BCUT2D eigenvalue weighted by atomic mass is 16.2. The van der Waals surface area contributed by atoms with Crippen LogP contribution in [-0.2, 0) is 4.79 Å². The average Bonchev–Trinajstić information content (AvgIpc) is 2.03. The van der Waals surface area contributed by atoms with E-state index in [1.807, 2.05) is 25.8 Å². The Bertz CT molecular complexity index is 213. The predicted molar refractivity (Wildman–Crippen MR) is 59.2 cm³/mol. The van der Waals surface area contributed by atoms with Gasteiger partial charge in [0.1, 0.15) is 0 Å². The fourth-order valence-electron chi connectivity index (χ4n) is 0.780. The zero-order valence-corrected chi connectivity index (χ0v) is 9.26. The number of hydrogen-bond acceptors (Lipinski definition) is 3. The summed E-state index contributed by atoms with van der Waals surface area (Å²) in [6, 6.07) is -0.148. The van der Waals surface area contributed by atoms with Crippen molar-refractivity contribution in [2.75, 3.05) is 20.1 Å². The molecule has 0 unspecified atom stereocenters. The van der Waals surface area contributed by atoms with E-state index in [4.69, 9.17) is 0 Å². The Morgan fingerprint density at radius 3 is 2.43 bits per heavy atom. The number of rotatable bonds is 4. The fourth-order valence-corrected chi connectivity index (χ4v) is 0.780. The summed E-state index contributed by atoms with van der Waals surface area (Å²) < 4.78 is 0. The molecule has 0 aliphatic carbocycles. The van der Waals surface area contributed by atoms with E-state index in [1.54, 1.807) is 6.92 Å². The standard InChI is InChI=1S/C9H19N3O2.2H2/c1-5-10-9(14)11-8(13)6-12(4)7(2)3;;/h7H,5-6H2,1-4H3,(H2,10,11,13,14);2*1H. The van der Waals surface area contributed by atoms with E-state index < -0.39 is 6.03 Å². The van der Waals surface area contributed by atoms with Gasteiger partial charge in [-0.1, -0.05) is 0 Å². The Morgan fingerprint density at radius 1 is 1.43 bits per heavy atom. The number of nitrogens with zero attached hydrogens (tertiary/aromatic N) is 1. The first kappa shape index (κ1) is 12.9. The lowest BCUT2D eigenvalue weighted by Crippen LogP contribution is -2.44. The summed E-state index contributed by atoms with van der Waals surface area (Å²) in [4.78, 5) is 24.0. The van der Waals surface area contributed by atoms with E-state index in [0.29, 0.717) is 6.54 Å². The predicted octanol–water partition coefficient (Wildman–Crippen LogP) is 0.664. The Labute approximate surface area is 87.8 Å². The minimum Gasteiger partial charge on any atom is -0.338 e. The van der Waals surface area contributed by atoms with Crippen molar-refractivity contribution in [3.05, 3.63) is 0 Å². The fraction of sp³-hybridized carbons (Fsp3) is 0.778. The molecule has 2 N–H and O–H groups in total. The van der Waals surface area contributed by atoms with Crippen LogP contribution in [0.3, 0.4) is 0 Å². The van der Waals surface area contributed by atoms with E-state index in [1.165, 1.54) is 0 Å². The molecule has 0 rings (SSSR count). The van der Waals surface area contributed by atoms with Gasteiger partial charge in [0.2, 0.25) is 5.91 Å². The van der Waals surface area contributed by atoms with Crippen LogP contribution in [0.1, 0.15) is 23.6 Å². The number of nitrogens with one attached hydrogen (secondary N) is 2. The van der Waals surface area contributed by atoms with Gasteiger partial charge in [-0.25, -0.2) is 4.79 Å². The number of likely N-dealkylation sites (N-methyl/N-ethyl adjacent to an activating group) is 1. The SMILES string of the molecule is CCNC(=O)NC(=O)CN(C)C(C)C.[HH].[HH]. The Balaban J connectivity index is -0.000000845. The van der Waals surface area contributed by atoms with E-state index in [2.05, 4.69) is 10.6 Å². The molecule has 0 aromatic carbocycles. The third-order valence-corrected chi connectivity index (χ3v) is 1.86. The van der Waals surface area contributed by atoms with Gasteiger partial charge in [0.05, 0.1) is 6.54 Å². The van der Waals surface area contributed by atoms with Crippen molar-refractivity contribution < 1.29 is 12.4 Å². The first-order chi connectivity index (χ1) is 6.47. The van der Waals surface area contributed by atoms with Crippen LogP contribution in [0.15, 0.2) is 0 Å². The molecular formula is C9H23N3O2. The molecule has 0 aliphatic rings. The second-order valence-corrected chi connectivity index (χ2v) is 3.42. The maximum atomic E-state index is 11.2. The van der Waals surface area contributed by atoms with Crippen molar-refractivity contribution in [3.8, 4) is 0 Å². The summed E-state index contributed by atoms with van der Waals surface area (Å²) in [5.41, 5.74) is 0. The highest BCUT2D eigenvalue weighted by Crippen LogP contribution is 1.91. The van der Waals surface area contributed by atoms with Crippen LogP contribution < -0.4 is 10.6 Å². The second kappa shape index (κ2) is 6.37.